The molecule has 0 unspecified atom stereocenters. The Hall–Kier alpha value is -2.17. The standard InChI is InChI=1S/C12H14N2O3/c1-2-5-13-12(15)7-14-9-3-4-10-11(6-9)17-8-16-10/h2-4,6,14H,1,5,7-8H2,(H,13,15). The van der Waals surface area contributed by atoms with E-state index in [4.69, 9.17) is 9.47 Å². The van der Waals surface area contributed by atoms with Crippen molar-refractivity contribution in [1.82, 2.24) is 5.32 Å². The predicted octanol–water partition coefficient (Wildman–Crippen LogP) is 1.13. The fourth-order valence-electron chi connectivity index (χ4n) is 1.44. The maximum absolute atomic E-state index is 11.3. The summed E-state index contributed by atoms with van der Waals surface area (Å²) in [5.41, 5.74) is 0.822. The summed E-state index contributed by atoms with van der Waals surface area (Å²) in [6.07, 6.45) is 1.64. The minimum atomic E-state index is -0.0810. The fourth-order valence-corrected chi connectivity index (χ4v) is 1.44. The van der Waals surface area contributed by atoms with Gasteiger partial charge < -0.3 is 20.1 Å². The molecule has 1 aliphatic rings. The van der Waals surface area contributed by atoms with Crippen molar-refractivity contribution in [2.45, 2.75) is 0 Å². The molecule has 0 saturated heterocycles. The summed E-state index contributed by atoms with van der Waals surface area (Å²) in [4.78, 5) is 11.3. The lowest BCUT2D eigenvalue weighted by atomic mass is 10.3. The van der Waals surface area contributed by atoms with E-state index in [0.717, 1.165) is 11.4 Å². The lowest BCUT2D eigenvalue weighted by Gasteiger charge is -2.07. The van der Waals surface area contributed by atoms with Gasteiger partial charge in [-0.05, 0) is 12.1 Å². The van der Waals surface area contributed by atoms with E-state index in [0.29, 0.717) is 12.3 Å². The van der Waals surface area contributed by atoms with Gasteiger partial charge in [0.2, 0.25) is 12.7 Å². The maximum Gasteiger partial charge on any atom is 0.239 e. The molecule has 1 heterocycles. The number of anilines is 1. The number of benzene rings is 1. The average Bonchev–Trinajstić information content (AvgIpc) is 2.81. The van der Waals surface area contributed by atoms with Crippen LogP contribution in [-0.4, -0.2) is 25.8 Å². The zero-order chi connectivity index (χ0) is 12.1. The lowest BCUT2D eigenvalue weighted by Crippen LogP contribution is -2.29. The number of amides is 1. The van der Waals surface area contributed by atoms with Crippen molar-refractivity contribution in [2.75, 3.05) is 25.2 Å². The first kappa shape index (κ1) is 11.3. The van der Waals surface area contributed by atoms with Gasteiger partial charge in [0, 0.05) is 18.3 Å². The van der Waals surface area contributed by atoms with Crippen LogP contribution in [-0.2, 0) is 4.79 Å². The van der Waals surface area contributed by atoms with Crippen LogP contribution in [0.15, 0.2) is 30.9 Å². The Morgan fingerprint density at radius 3 is 3.06 bits per heavy atom. The van der Waals surface area contributed by atoms with Crippen molar-refractivity contribution < 1.29 is 14.3 Å². The molecule has 0 aliphatic carbocycles. The van der Waals surface area contributed by atoms with Gasteiger partial charge in [0.15, 0.2) is 11.5 Å². The summed E-state index contributed by atoms with van der Waals surface area (Å²) in [7, 11) is 0. The van der Waals surface area contributed by atoms with Crippen molar-refractivity contribution in [3.8, 4) is 11.5 Å². The normalized spacial score (nSPS) is 12.0. The second kappa shape index (κ2) is 5.25. The molecule has 1 aliphatic heterocycles. The van der Waals surface area contributed by atoms with E-state index in [-0.39, 0.29) is 19.2 Å². The van der Waals surface area contributed by atoms with Gasteiger partial charge in [-0.15, -0.1) is 6.58 Å². The summed E-state index contributed by atoms with van der Waals surface area (Å²) in [5, 5.41) is 5.68. The number of hydrogen-bond acceptors (Lipinski definition) is 4. The van der Waals surface area contributed by atoms with Crippen LogP contribution in [0.5, 0.6) is 11.5 Å². The maximum atomic E-state index is 11.3. The first-order valence-electron chi connectivity index (χ1n) is 5.30. The Balaban J connectivity index is 1.87. The molecule has 0 fully saturated rings. The van der Waals surface area contributed by atoms with Crippen molar-refractivity contribution >= 4 is 11.6 Å². The Labute approximate surface area is 99.4 Å². The number of nitrogens with one attached hydrogen (secondary N) is 2. The minimum Gasteiger partial charge on any atom is -0.454 e. The molecule has 5 nitrogen and oxygen atoms in total. The van der Waals surface area contributed by atoms with E-state index in [2.05, 4.69) is 17.2 Å². The smallest absolute Gasteiger partial charge is 0.239 e. The van der Waals surface area contributed by atoms with Gasteiger partial charge in [0.25, 0.3) is 0 Å². The molecule has 0 bridgehead atoms. The van der Waals surface area contributed by atoms with Gasteiger partial charge in [0.05, 0.1) is 6.54 Å². The van der Waals surface area contributed by atoms with Crippen LogP contribution in [0, 0.1) is 0 Å². The Bertz CT molecular complexity index is 432. The largest absolute Gasteiger partial charge is 0.454 e. The summed E-state index contributed by atoms with van der Waals surface area (Å²) in [6, 6.07) is 5.46. The predicted molar refractivity (Wildman–Crippen MR) is 64.3 cm³/mol. The molecule has 0 spiro atoms. The summed E-state index contributed by atoms with van der Waals surface area (Å²) < 4.78 is 10.4. The van der Waals surface area contributed by atoms with Crippen LogP contribution < -0.4 is 20.1 Å². The molecule has 90 valence electrons. The third kappa shape index (κ3) is 2.90. The monoisotopic (exact) mass is 234 g/mol. The summed E-state index contributed by atoms with van der Waals surface area (Å²) >= 11 is 0. The molecular formula is C12H14N2O3. The molecule has 2 rings (SSSR count). The molecule has 17 heavy (non-hydrogen) atoms. The molecule has 1 aromatic rings. The van der Waals surface area contributed by atoms with Crippen LogP contribution in [0.2, 0.25) is 0 Å². The van der Waals surface area contributed by atoms with Gasteiger partial charge in [-0.1, -0.05) is 6.08 Å². The number of hydrogen-bond donors (Lipinski definition) is 2. The van der Waals surface area contributed by atoms with Crippen molar-refractivity contribution in [3.05, 3.63) is 30.9 Å². The van der Waals surface area contributed by atoms with Crippen LogP contribution in [0.1, 0.15) is 0 Å². The van der Waals surface area contributed by atoms with Gasteiger partial charge in [-0.2, -0.15) is 0 Å². The number of fused-ring (bicyclic) bond motifs is 1. The van der Waals surface area contributed by atoms with Crippen molar-refractivity contribution in [1.29, 1.82) is 0 Å². The zero-order valence-electron chi connectivity index (χ0n) is 9.36. The van der Waals surface area contributed by atoms with Crippen molar-refractivity contribution in [3.63, 3.8) is 0 Å². The van der Waals surface area contributed by atoms with E-state index in [1.807, 2.05) is 18.2 Å². The third-order valence-corrected chi connectivity index (χ3v) is 2.27. The highest BCUT2D eigenvalue weighted by Gasteiger charge is 2.13. The van der Waals surface area contributed by atoms with Crippen LogP contribution >= 0.6 is 0 Å². The quantitative estimate of drug-likeness (QED) is 0.750. The summed E-state index contributed by atoms with van der Waals surface area (Å²) in [5.74, 6) is 1.34. The van der Waals surface area contributed by atoms with E-state index in [1.54, 1.807) is 6.08 Å². The second-order valence-electron chi connectivity index (χ2n) is 3.51. The SMILES string of the molecule is C=CCNC(=O)CNc1ccc2c(c1)OCO2. The highest BCUT2D eigenvalue weighted by atomic mass is 16.7. The lowest BCUT2D eigenvalue weighted by molar-refractivity contribution is -0.119. The van der Waals surface area contributed by atoms with E-state index < -0.39 is 0 Å². The van der Waals surface area contributed by atoms with Crippen LogP contribution in [0.3, 0.4) is 0 Å². The molecule has 0 radical (unpaired) electrons. The number of carbonyl (C=O) groups excluding carboxylic acids is 1. The molecule has 1 amide bonds. The highest BCUT2D eigenvalue weighted by molar-refractivity contribution is 5.80. The van der Waals surface area contributed by atoms with Gasteiger partial charge >= 0.3 is 0 Å². The molecule has 0 saturated carbocycles. The number of carbonyl (C=O) groups is 1. The second-order valence-corrected chi connectivity index (χ2v) is 3.51. The minimum absolute atomic E-state index is 0.0810. The van der Waals surface area contributed by atoms with E-state index >= 15 is 0 Å². The van der Waals surface area contributed by atoms with Crippen molar-refractivity contribution in [2.24, 2.45) is 0 Å². The Morgan fingerprint density at radius 2 is 2.24 bits per heavy atom. The molecule has 0 atom stereocenters. The van der Waals surface area contributed by atoms with E-state index in [1.165, 1.54) is 0 Å². The molecule has 5 heteroatoms. The highest BCUT2D eigenvalue weighted by Crippen LogP contribution is 2.33. The third-order valence-electron chi connectivity index (χ3n) is 2.27. The Morgan fingerprint density at radius 1 is 1.41 bits per heavy atom. The fraction of sp³-hybridized carbons (Fsp3) is 0.250. The van der Waals surface area contributed by atoms with Gasteiger partial charge in [-0.3, -0.25) is 4.79 Å². The van der Waals surface area contributed by atoms with Crippen LogP contribution in [0.25, 0.3) is 0 Å². The molecule has 0 aromatic heterocycles. The molecule has 2 N–H and O–H groups in total. The average molecular weight is 234 g/mol. The number of rotatable bonds is 5. The van der Waals surface area contributed by atoms with Gasteiger partial charge in [-0.25, -0.2) is 0 Å². The molecular weight excluding hydrogens is 220 g/mol. The zero-order valence-corrected chi connectivity index (χ0v) is 9.36. The topological polar surface area (TPSA) is 59.6 Å². The summed E-state index contributed by atoms with van der Waals surface area (Å²) in [6.45, 7) is 4.46. The Kier molecular flexibility index (Phi) is 3.49. The van der Waals surface area contributed by atoms with E-state index in [9.17, 15) is 4.79 Å². The van der Waals surface area contributed by atoms with Crippen LogP contribution in [0.4, 0.5) is 5.69 Å². The first-order chi connectivity index (χ1) is 8.29. The first-order valence-corrected chi connectivity index (χ1v) is 5.30. The number of ether oxygens (including phenoxy) is 2. The molecule has 1 aromatic carbocycles. The van der Waals surface area contributed by atoms with Gasteiger partial charge in [0.1, 0.15) is 0 Å².